The number of rotatable bonds is 10. The van der Waals surface area contributed by atoms with Crippen LogP contribution in [0.2, 0.25) is 0 Å². The van der Waals surface area contributed by atoms with Crippen LogP contribution < -0.4 is 5.73 Å². The highest BCUT2D eigenvalue weighted by Crippen LogP contribution is 2.05. The number of carbonyl (C=O) groups is 1. The molecule has 0 heterocycles. The number of ether oxygens (including phenoxy) is 3. The fourth-order valence-corrected chi connectivity index (χ4v) is 0.855. The second-order valence-corrected chi connectivity index (χ2v) is 3.69. The van der Waals surface area contributed by atoms with Crippen molar-refractivity contribution in [2.24, 2.45) is 5.73 Å². The molecule has 0 aromatic heterocycles. The molecule has 1 atom stereocenters. The van der Waals surface area contributed by atoms with E-state index in [0.29, 0.717) is 33.0 Å². The van der Waals surface area contributed by atoms with E-state index in [1.54, 1.807) is 7.11 Å². The van der Waals surface area contributed by atoms with Gasteiger partial charge in [-0.2, -0.15) is 0 Å². The minimum Gasteiger partial charge on any atom is -0.480 e. The monoisotopic (exact) mass is 235 g/mol. The van der Waals surface area contributed by atoms with Crippen molar-refractivity contribution in [1.82, 2.24) is 0 Å². The summed E-state index contributed by atoms with van der Waals surface area (Å²) in [7, 11) is 1.61. The Morgan fingerprint density at radius 3 is 2.19 bits per heavy atom. The van der Waals surface area contributed by atoms with Crippen molar-refractivity contribution in [1.29, 1.82) is 0 Å². The highest BCUT2D eigenvalue weighted by molar-refractivity contribution is 5.77. The lowest BCUT2D eigenvalue weighted by Crippen LogP contribution is -2.45. The van der Waals surface area contributed by atoms with E-state index < -0.39 is 11.5 Å². The minimum absolute atomic E-state index is 0.278. The van der Waals surface area contributed by atoms with Gasteiger partial charge in [-0.05, 0) is 13.3 Å². The second kappa shape index (κ2) is 8.46. The summed E-state index contributed by atoms with van der Waals surface area (Å²) in [5.74, 6) is -1.02. The Morgan fingerprint density at radius 1 is 1.19 bits per heavy atom. The van der Waals surface area contributed by atoms with Gasteiger partial charge in [0.05, 0.1) is 26.4 Å². The van der Waals surface area contributed by atoms with Crippen LogP contribution in [0.3, 0.4) is 0 Å². The Bertz CT molecular complexity index is 196. The van der Waals surface area contributed by atoms with E-state index in [2.05, 4.69) is 0 Å². The first-order chi connectivity index (χ1) is 7.50. The van der Waals surface area contributed by atoms with Gasteiger partial charge >= 0.3 is 5.97 Å². The van der Waals surface area contributed by atoms with Crippen LogP contribution in [-0.4, -0.2) is 56.8 Å². The molecule has 0 radical (unpaired) electrons. The first-order valence-corrected chi connectivity index (χ1v) is 5.17. The van der Waals surface area contributed by atoms with Gasteiger partial charge in [-0.3, -0.25) is 4.79 Å². The molecular formula is C10H21NO5. The number of methoxy groups -OCH3 is 1. The second-order valence-electron chi connectivity index (χ2n) is 3.69. The number of carboxylic acids is 1. The van der Waals surface area contributed by atoms with E-state index in [9.17, 15) is 4.79 Å². The van der Waals surface area contributed by atoms with Crippen molar-refractivity contribution < 1.29 is 24.1 Å². The summed E-state index contributed by atoms with van der Waals surface area (Å²) in [6, 6.07) is 0. The lowest BCUT2D eigenvalue weighted by molar-refractivity contribution is -0.143. The van der Waals surface area contributed by atoms with Crippen molar-refractivity contribution in [3.63, 3.8) is 0 Å². The number of carboxylic acid groups (broad SMARTS) is 1. The Balaban J connectivity index is 3.30. The average Bonchev–Trinajstić information content (AvgIpc) is 2.21. The van der Waals surface area contributed by atoms with Gasteiger partial charge in [0.2, 0.25) is 0 Å². The molecule has 0 aliphatic carbocycles. The zero-order valence-corrected chi connectivity index (χ0v) is 9.90. The van der Waals surface area contributed by atoms with Gasteiger partial charge in [-0.25, -0.2) is 0 Å². The van der Waals surface area contributed by atoms with Gasteiger partial charge in [0.15, 0.2) is 0 Å². The highest BCUT2D eigenvalue weighted by atomic mass is 16.5. The number of hydrogen-bond donors (Lipinski definition) is 2. The van der Waals surface area contributed by atoms with Crippen LogP contribution in [0.15, 0.2) is 0 Å². The van der Waals surface area contributed by atoms with E-state index in [1.807, 2.05) is 0 Å². The third kappa shape index (κ3) is 7.58. The maximum atomic E-state index is 10.6. The van der Waals surface area contributed by atoms with Crippen LogP contribution in [0.25, 0.3) is 0 Å². The fourth-order valence-electron chi connectivity index (χ4n) is 0.855. The van der Waals surface area contributed by atoms with Crippen LogP contribution >= 0.6 is 0 Å². The largest absolute Gasteiger partial charge is 0.480 e. The average molecular weight is 235 g/mol. The molecule has 0 fully saturated rings. The van der Waals surface area contributed by atoms with Gasteiger partial charge in [-0.15, -0.1) is 0 Å². The SMILES string of the molecule is COCCOCCOCCC(C)(N)C(=O)O. The van der Waals surface area contributed by atoms with Gasteiger partial charge in [0, 0.05) is 13.7 Å². The lowest BCUT2D eigenvalue weighted by Gasteiger charge is -2.18. The Kier molecular flexibility index (Phi) is 8.10. The first kappa shape index (κ1) is 15.3. The third-order valence-corrected chi connectivity index (χ3v) is 2.06. The van der Waals surface area contributed by atoms with Crippen LogP contribution in [0.5, 0.6) is 0 Å². The van der Waals surface area contributed by atoms with Crippen molar-refractivity contribution >= 4 is 5.97 Å². The molecule has 0 rings (SSSR count). The van der Waals surface area contributed by atoms with Crippen molar-refractivity contribution in [2.75, 3.05) is 40.1 Å². The normalized spacial score (nSPS) is 14.7. The molecule has 0 aromatic carbocycles. The molecule has 0 saturated heterocycles. The summed E-state index contributed by atoms with van der Waals surface area (Å²) in [6.07, 6.45) is 0.278. The molecule has 0 saturated carbocycles. The van der Waals surface area contributed by atoms with Crippen molar-refractivity contribution in [3.05, 3.63) is 0 Å². The Morgan fingerprint density at radius 2 is 1.69 bits per heavy atom. The summed E-state index contributed by atoms with van der Waals surface area (Å²) in [6.45, 7) is 3.77. The van der Waals surface area contributed by atoms with E-state index in [4.69, 9.17) is 25.1 Å². The molecular weight excluding hydrogens is 214 g/mol. The van der Waals surface area contributed by atoms with E-state index in [0.717, 1.165) is 0 Å². The van der Waals surface area contributed by atoms with Gasteiger partial charge in [0.25, 0.3) is 0 Å². The molecule has 0 spiro atoms. The highest BCUT2D eigenvalue weighted by Gasteiger charge is 2.27. The predicted octanol–water partition coefficient (Wildman–Crippen LogP) is -0.142. The van der Waals surface area contributed by atoms with Gasteiger partial charge in [-0.1, -0.05) is 0 Å². The molecule has 3 N–H and O–H groups in total. The first-order valence-electron chi connectivity index (χ1n) is 5.17. The zero-order valence-electron chi connectivity index (χ0n) is 9.90. The molecule has 0 amide bonds. The maximum absolute atomic E-state index is 10.6. The third-order valence-electron chi connectivity index (χ3n) is 2.06. The van der Waals surface area contributed by atoms with Crippen LogP contribution in [0.1, 0.15) is 13.3 Å². The van der Waals surface area contributed by atoms with E-state index in [-0.39, 0.29) is 6.42 Å². The van der Waals surface area contributed by atoms with Crippen LogP contribution in [-0.2, 0) is 19.0 Å². The molecule has 0 aromatic rings. The molecule has 0 bridgehead atoms. The Labute approximate surface area is 95.7 Å². The number of nitrogens with two attached hydrogens (primary N) is 1. The zero-order chi connectivity index (χ0) is 12.4. The smallest absolute Gasteiger partial charge is 0.323 e. The van der Waals surface area contributed by atoms with Gasteiger partial charge in [0.1, 0.15) is 5.54 Å². The van der Waals surface area contributed by atoms with Crippen LogP contribution in [0, 0.1) is 0 Å². The summed E-state index contributed by atoms with van der Waals surface area (Å²) >= 11 is 0. The predicted molar refractivity (Wildman–Crippen MR) is 58.4 cm³/mol. The Hall–Kier alpha value is -0.690. The summed E-state index contributed by atoms with van der Waals surface area (Å²) < 4.78 is 15.1. The van der Waals surface area contributed by atoms with Gasteiger partial charge < -0.3 is 25.1 Å². The molecule has 0 aliphatic rings. The summed E-state index contributed by atoms with van der Waals surface area (Å²) in [5.41, 5.74) is 4.29. The molecule has 16 heavy (non-hydrogen) atoms. The topological polar surface area (TPSA) is 91.0 Å². The lowest BCUT2D eigenvalue weighted by atomic mass is 10.0. The minimum atomic E-state index is -1.23. The molecule has 96 valence electrons. The molecule has 1 unspecified atom stereocenters. The van der Waals surface area contributed by atoms with Crippen LogP contribution in [0.4, 0.5) is 0 Å². The summed E-state index contributed by atoms with van der Waals surface area (Å²) in [4.78, 5) is 10.6. The standard InChI is InChI=1S/C10H21NO5/c1-10(11,9(12)13)3-4-15-7-8-16-6-5-14-2/h3-8,11H2,1-2H3,(H,12,13). The van der Waals surface area contributed by atoms with E-state index >= 15 is 0 Å². The molecule has 6 nitrogen and oxygen atoms in total. The summed E-state index contributed by atoms with van der Waals surface area (Å²) in [5, 5.41) is 8.72. The maximum Gasteiger partial charge on any atom is 0.323 e. The quantitative estimate of drug-likeness (QED) is 0.512. The number of aliphatic carboxylic acids is 1. The van der Waals surface area contributed by atoms with Crippen molar-refractivity contribution in [3.8, 4) is 0 Å². The fraction of sp³-hybridized carbons (Fsp3) is 0.900. The number of hydrogen-bond acceptors (Lipinski definition) is 5. The molecule has 6 heteroatoms. The van der Waals surface area contributed by atoms with E-state index in [1.165, 1.54) is 6.92 Å². The van der Waals surface area contributed by atoms with Crippen molar-refractivity contribution in [2.45, 2.75) is 18.9 Å². The molecule has 0 aliphatic heterocycles.